The van der Waals surface area contributed by atoms with Gasteiger partial charge in [-0.3, -0.25) is 0 Å². The molecule has 0 aromatic carbocycles. The number of carboxylic acid groups (broad SMARTS) is 1. The Bertz CT molecular complexity index is 633. The van der Waals surface area contributed by atoms with Crippen molar-refractivity contribution in [1.82, 2.24) is 6.15 Å². The fourth-order valence-electron chi connectivity index (χ4n) is 1.55. The lowest BCUT2D eigenvalue weighted by atomic mass is 9.84. The summed E-state index contributed by atoms with van der Waals surface area (Å²) >= 11 is 0. The molecule has 0 aliphatic heterocycles. The van der Waals surface area contributed by atoms with Gasteiger partial charge in [-0.15, -0.1) is 0 Å². The molecule has 0 spiro atoms. The van der Waals surface area contributed by atoms with Crippen LogP contribution in [0.3, 0.4) is 0 Å². The third-order valence-corrected chi connectivity index (χ3v) is 3.01. The Labute approximate surface area is 156 Å². The van der Waals surface area contributed by atoms with Crippen LogP contribution in [-0.4, -0.2) is 54.0 Å². The molecule has 0 saturated carbocycles. The lowest BCUT2D eigenvalue weighted by Gasteiger charge is -2.46. The maximum Gasteiger partial charge on any atom is 0.460 e. The SMILES string of the molecule is O=C([O-])OOC(C(F)(F)F)(C(F)(F)F)C(F)(F)C(F)(F)C(F)(F)C(F)(F)C(F)(F)F.[NH4+]. The number of carbonyl (C=O) groups is 1. The average Bonchev–Trinajstić information content (AvgIpc) is 2.42. The van der Waals surface area contributed by atoms with E-state index < -0.39 is 54.0 Å². The monoisotopic (exact) mass is 513 g/mol. The van der Waals surface area contributed by atoms with Crippen LogP contribution in [0.2, 0.25) is 0 Å². The highest BCUT2D eigenvalue weighted by atomic mass is 19.4. The van der Waals surface area contributed by atoms with Gasteiger partial charge in [0.15, 0.2) is 0 Å². The zero-order valence-electron chi connectivity index (χ0n) is 13.6. The lowest BCUT2D eigenvalue weighted by Crippen LogP contribution is -2.79. The van der Waals surface area contributed by atoms with Gasteiger partial charge in [0, 0.05) is 0 Å². The van der Waals surface area contributed by atoms with Crippen LogP contribution in [0.25, 0.3) is 0 Å². The molecule has 0 atom stereocenters. The molecule has 0 rings (SSSR count). The molecular formula is C9H4F17NO4. The van der Waals surface area contributed by atoms with Crippen LogP contribution in [0, 0.1) is 0 Å². The van der Waals surface area contributed by atoms with E-state index in [1.165, 1.54) is 0 Å². The number of quaternary nitrogens is 1. The van der Waals surface area contributed by atoms with Crippen molar-refractivity contribution in [3.05, 3.63) is 0 Å². The highest BCUT2D eigenvalue weighted by Crippen LogP contribution is 2.65. The first-order chi connectivity index (χ1) is 12.7. The summed E-state index contributed by atoms with van der Waals surface area (Å²) in [6.07, 6.45) is -28.0. The molecule has 4 N–H and O–H groups in total. The highest BCUT2D eigenvalue weighted by molar-refractivity contribution is 5.53. The molecule has 0 aliphatic carbocycles. The van der Waals surface area contributed by atoms with Crippen LogP contribution in [0.15, 0.2) is 0 Å². The number of halogens is 17. The molecule has 5 nitrogen and oxygen atoms in total. The summed E-state index contributed by atoms with van der Waals surface area (Å²) in [6, 6.07) is 0. The molecule has 0 unspecified atom stereocenters. The molecule has 0 radical (unpaired) electrons. The molecular weight excluding hydrogens is 509 g/mol. The Kier molecular flexibility index (Phi) is 7.90. The third kappa shape index (κ3) is 4.22. The Morgan fingerprint density at radius 2 is 0.806 bits per heavy atom. The second kappa shape index (κ2) is 7.85. The standard InChI is InChI=1S/C9HF17O4.H3N/c10-3(11,4(12,13)5(14,15)6(16,17)9(24,25)26)2(7(18,19)20,8(21,22)23)30-29-1(27)28;/h(H,27,28);1H3. The van der Waals surface area contributed by atoms with Gasteiger partial charge in [-0.2, -0.15) is 74.6 Å². The predicted molar refractivity (Wildman–Crippen MR) is 54.2 cm³/mol. The first kappa shape index (κ1) is 31.2. The fourth-order valence-corrected chi connectivity index (χ4v) is 1.55. The molecule has 0 aromatic rings. The van der Waals surface area contributed by atoms with E-state index in [2.05, 4.69) is 0 Å². The quantitative estimate of drug-likeness (QED) is 0.319. The predicted octanol–water partition coefficient (Wildman–Crippen LogP) is 4.62. The van der Waals surface area contributed by atoms with E-state index in [0.29, 0.717) is 0 Å². The summed E-state index contributed by atoms with van der Waals surface area (Å²) in [7, 11) is 0. The lowest BCUT2D eigenvalue weighted by molar-refractivity contribution is -0.544. The average molecular weight is 513 g/mol. The number of hydrogen-bond donors (Lipinski definition) is 1. The van der Waals surface area contributed by atoms with Crippen molar-refractivity contribution >= 4 is 6.16 Å². The second-order valence-corrected chi connectivity index (χ2v) is 4.89. The molecule has 188 valence electrons. The number of carbonyl (C=O) groups excluding carboxylic acids is 1. The molecule has 0 heterocycles. The van der Waals surface area contributed by atoms with Crippen molar-refractivity contribution in [2.75, 3.05) is 0 Å². The molecule has 22 heteroatoms. The molecule has 0 fully saturated rings. The number of hydrogen-bond acceptors (Lipinski definition) is 4. The molecule has 0 aromatic heterocycles. The minimum absolute atomic E-state index is 0. The van der Waals surface area contributed by atoms with Crippen LogP contribution < -0.4 is 11.3 Å². The van der Waals surface area contributed by atoms with Crippen molar-refractivity contribution in [1.29, 1.82) is 0 Å². The minimum atomic E-state index is -8.88. The Balaban J connectivity index is 0. The maximum atomic E-state index is 13.6. The fraction of sp³-hybridized carbons (Fsp3) is 0.889. The smallest absolute Gasteiger partial charge is 0.424 e. The summed E-state index contributed by atoms with van der Waals surface area (Å²) in [6.45, 7) is 0. The van der Waals surface area contributed by atoms with Gasteiger partial charge in [-0.25, -0.2) is 4.89 Å². The molecule has 0 amide bonds. The molecule has 0 saturated heterocycles. The van der Waals surface area contributed by atoms with Crippen molar-refractivity contribution < 1.29 is 94.3 Å². The minimum Gasteiger partial charge on any atom is -0.424 e. The van der Waals surface area contributed by atoms with Crippen LogP contribution in [-0.2, 0) is 9.78 Å². The molecule has 0 aliphatic rings. The van der Waals surface area contributed by atoms with E-state index in [1.807, 2.05) is 4.89 Å². The first-order valence-electron chi connectivity index (χ1n) is 5.95. The second-order valence-electron chi connectivity index (χ2n) is 4.89. The van der Waals surface area contributed by atoms with Crippen molar-refractivity contribution in [2.24, 2.45) is 0 Å². The number of alkyl halides is 17. The van der Waals surface area contributed by atoms with E-state index in [9.17, 15) is 84.5 Å². The van der Waals surface area contributed by atoms with Gasteiger partial charge in [0.05, 0.1) is 0 Å². The summed E-state index contributed by atoms with van der Waals surface area (Å²) in [4.78, 5) is 13.3. The van der Waals surface area contributed by atoms with Gasteiger partial charge < -0.3 is 20.9 Å². The maximum absolute atomic E-state index is 13.6. The highest BCUT2D eigenvalue weighted by Gasteiger charge is 2.97. The summed E-state index contributed by atoms with van der Waals surface area (Å²) < 4.78 is 217. The van der Waals surface area contributed by atoms with Gasteiger partial charge in [0.2, 0.25) is 0 Å². The molecule has 0 bridgehead atoms. The van der Waals surface area contributed by atoms with E-state index in [0.717, 1.165) is 0 Å². The molecule has 31 heavy (non-hydrogen) atoms. The summed E-state index contributed by atoms with van der Waals surface area (Å²) in [5.41, 5.74) is -8.22. The zero-order chi connectivity index (χ0) is 25.0. The third-order valence-electron chi connectivity index (χ3n) is 3.01. The normalized spacial score (nSPS) is 15.4. The van der Waals surface area contributed by atoms with E-state index in [1.54, 1.807) is 4.89 Å². The summed E-state index contributed by atoms with van der Waals surface area (Å²) in [5.74, 6) is -34.7. The van der Waals surface area contributed by atoms with Crippen molar-refractivity contribution in [3.63, 3.8) is 0 Å². The van der Waals surface area contributed by atoms with Crippen LogP contribution in [0.4, 0.5) is 79.4 Å². The van der Waals surface area contributed by atoms with Crippen molar-refractivity contribution in [2.45, 2.75) is 47.8 Å². The van der Waals surface area contributed by atoms with Gasteiger partial charge in [0.1, 0.15) is 0 Å². The van der Waals surface area contributed by atoms with E-state index in [4.69, 9.17) is 0 Å². The van der Waals surface area contributed by atoms with Gasteiger partial charge >= 0.3 is 47.8 Å². The Morgan fingerprint density at radius 3 is 1.03 bits per heavy atom. The zero-order valence-corrected chi connectivity index (χ0v) is 13.6. The topological polar surface area (TPSA) is 95.1 Å². The number of rotatable bonds is 6. The Hall–Kier alpha value is -2.00. The van der Waals surface area contributed by atoms with Crippen molar-refractivity contribution in [3.8, 4) is 0 Å². The first-order valence-corrected chi connectivity index (χ1v) is 5.95. The van der Waals surface area contributed by atoms with Gasteiger partial charge in [0.25, 0.3) is 6.16 Å². The Morgan fingerprint density at radius 1 is 0.516 bits per heavy atom. The van der Waals surface area contributed by atoms with E-state index in [-0.39, 0.29) is 6.15 Å². The van der Waals surface area contributed by atoms with E-state index >= 15 is 0 Å². The van der Waals surface area contributed by atoms with Crippen LogP contribution in [0.5, 0.6) is 0 Å². The van der Waals surface area contributed by atoms with Gasteiger partial charge in [-0.1, -0.05) is 0 Å². The van der Waals surface area contributed by atoms with Crippen LogP contribution in [0.1, 0.15) is 0 Å². The largest absolute Gasteiger partial charge is 0.460 e. The van der Waals surface area contributed by atoms with Gasteiger partial charge in [-0.05, 0) is 0 Å². The summed E-state index contributed by atoms with van der Waals surface area (Å²) in [5, 5.41) is 9.72. The van der Waals surface area contributed by atoms with Crippen LogP contribution >= 0.6 is 0 Å².